The topological polar surface area (TPSA) is 61.0 Å². The fraction of sp³-hybridized carbons (Fsp3) is 0.385. The van der Waals surface area contributed by atoms with Gasteiger partial charge in [0.15, 0.2) is 0 Å². The first kappa shape index (κ1) is 13.0. The molecule has 5 heteroatoms. The van der Waals surface area contributed by atoms with Crippen molar-refractivity contribution in [3.63, 3.8) is 0 Å². The Labute approximate surface area is 111 Å². The number of rotatable bonds is 5. The summed E-state index contributed by atoms with van der Waals surface area (Å²) in [6, 6.07) is 4.00. The number of thiazole rings is 1. The van der Waals surface area contributed by atoms with Crippen molar-refractivity contribution in [2.45, 2.75) is 32.9 Å². The van der Waals surface area contributed by atoms with Crippen LogP contribution in [0.2, 0.25) is 0 Å². The number of hydrogen-bond donors (Lipinski definition) is 1. The highest BCUT2D eigenvalue weighted by Crippen LogP contribution is 2.14. The van der Waals surface area contributed by atoms with Gasteiger partial charge in [-0.3, -0.25) is 4.98 Å². The maximum absolute atomic E-state index is 5.72. The second-order valence-corrected chi connectivity index (χ2v) is 5.38. The summed E-state index contributed by atoms with van der Waals surface area (Å²) in [7, 11) is 0. The number of nitrogens with zero attached hydrogens (tertiary/aromatic N) is 2. The predicted octanol–water partition coefficient (Wildman–Crippen LogP) is 2.32. The van der Waals surface area contributed by atoms with E-state index in [-0.39, 0.29) is 6.04 Å². The van der Waals surface area contributed by atoms with Crippen LogP contribution in [0.1, 0.15) is 23.3 Å². The lowest BCUT2D eigenvalue weighted by atomic mass is 10.2. The highest BCUT2D eigenvalue weighted by Gasteiger charge is 2.02. The van der Waals surface area contributed by atoms with Crippen LogP contribution in [0.3, 0.4) is 0 Å². The van der Waals surface area contributed by atoms with E-state index in [0.717, 1.165) is 28.6 Å². The van der Waals surface area contributed by atoms with Crippen molar-refractivity contribution in [2.24, 2.45) is 5.73 Å². The number of hydrogen-bond acceptors (Lipinski definition) is 5. The van der Waals surface area contributed by atoms with Gasteiger partial charge in [0, 0.05) is 23.5 Å². The van der Waals surface area contributed by atoms with Gasteiger partial charge >= 0.3 is 0 Å². The molecule has 1 unspecified atom stereocenters. The average Bonchev–Trinajstić information content (AvgIpc) is 2.74. The van der Waals surface area contributed by atoms with Crippen molar-refractivity contribution in [3.8, 4) is 5.75 Å². The van der Waals surface area contributed by atoms with E-state index in [1.807, 2.05) is 31.4 Å². The first-order valence-electron chi connectivity index (χ1n) is 5.88. The Morgan fingerprint density at radius 3 is 2.78 bits per heavy atom. The zero-order chi connectivity index (χ0) is 13.0. The van der Waals surface area contributed by atoms with Crippen molar-refractivity contribution < 1.29 is 4.74 Å². The third-order valence-corrected chi connectivity index (χ3v) is 3.20. The van der Waals surface area contributed by atoms with Gasteiger partial charge in [-0.15, -0.1) is 11.3 Å². The first-order valence-corrected chi connectivity index (χ1v) is 6.76. The molecule has 0 amide bonds. The van der Waals surface area contributed by atoms with E-state index in [0.29, 0.717) is 6.61 Å². The Morgan fingerprint density at radius 2 is 2.22 bits per heavy atom. The molecule has 0 fully saturated rings. The lowest BCUT2D eigenvalue weighted by Crippen LogP contribution is -2.18. The highest BCUT2D eigenvalue weighted by atomic mass is 32.1. The SMILES string of the molecule is Cc1nc(COc2ccc(CC(C)N)nc2)cs1. The number of ether oxygens (including phenoxy) is 1. The van der Waals surface area contributed by atoms with Crippen LogP contribution in [0.4, 0.5) is 0 Å². The zero-order valence-corrected chi connectivity index (χ0v) is 11.4. The Balaban J connectivity index is 1.90. The molecule has 0 aliphatic rings. The van der Waals surface area contributed by atoms with Gasteiger partial charge in [-0.05, 0) is 26.0 Å². The smallest absolute Gasteiger partial charge is 0.138 e. The molecule has 2 N–H and O–H groups in total. The van der Waals surface area contributed by atoms with Gasteiger partial charge < -0.3 is 10.5 Å². The summed E-state index contributed by atoms with van der Waals surface area (Å²) in [5.41, 5.74) is 7.66. The summed E-state index contributed by atoms with van der Waals surface area (Å²) in [5.74, 6) is 0.758. The molecular weight excluding hydrogens is 246 g/mol. The molecule has 2 heterocycles. The van der Waals surface area contributed by atoms with Crippen molar-refractivity contribution in [3.05, 3.63) is 40.1 Å². The maximum atomic E-state index is 5.72. The molecule has 0 bridgehead atoms. The van der Waals surface area contributed by atoms with Crippen LogP contribution in [-0.4, -0.2) is 16.0 Å². The van der Waals surface area contributed by atoms with Crippen molar-refractivity contribution in [2.75, 3.05) is 0 Å². The molecule has 0 spiro atoms. The quantitative estimate of drug-likeness (QED) is 0.899. The minimum absolute atomic E-state index is 0.127. The van der Waals surface area contributed by atoms with E-state index in [4.69, 9.17) is 10.5 Å². The van der Waals surface area contributed by atoms with E-state index < -0.39 is 0 Å². The minimum Gasteiger partial charge on any atom is -0.486 e. The normalized spacial score (nSPS) is 12.4. The predicted molar refractivity (Wildman–Crippen MR) is 72.8 cm³/mol. The summed E-state index contributed by atoms with van der Waals surface area (Å²) < 4.78 is 5.62. The molecule has 2 aromatic rings. The van der Waals surface area contributed by atoms with Crippen LogP contribution in [-0.2, 0) is 13.0 Å². The summed E-state index contributed by atoms with van der Waals surface area (Å²) in [6.07, 6.45) is 2.52. The molecule has 0 saturated carbocycles. The van der Waals surface area contributed by atoms with E-state index in [1.54, 1.807) is 17.5 Å². The largest absolute Gasteiger partial charge is 0.486 e. The average molecular weight is 263 g/mol. The molecule has 4 nitrogen and oxygen atoms in total. The monoisotopic (exact) mass is 263 g/mol. The molecule has 0 aromatic carbocycles. The Bertz CT molecular complexity index is 493. The molecule has 0 aliphatic heterocycles. The third-order valence-electron chi connectivity index (χ3n) is 2.38. The Morgan fingerprint density at radius 1 is 1.39 bits per heavy atom. The van der Waals surface area contributed by atoms with E-state index in [2.05, 4.69) is 9.97 Å². The summed E-state index contributed by atoms with van der Waals surface area (Å²) >= 11 is 1.63. The van der Waals surface area contributed by atoms with E-state index >= 15 is 0 Å². The zero-order valence-electron chi connectivity index (χ0n) is 10.6. The van der Waals surface area contributed by atoms with E-state index in [9.17, 15) is 0 Å². The van der Waals surface area contributed by atoms with Crippen molar-refractivity contribution in [1.29, 1.82) is 0 Å². The second-order valence-electron chi connectivity index (χ2n) is 4.31. The number of nitrogens with two attached hydrogens (primary N) is 1. The molecule has 18 heavy (non-hydrogen) atoms. The molecular formula is C13H17N3OS. The van der Waals surface area contributed by atoms with Crippen LogP contribution in [0.15, 0.2) is 23.7 Å². The molecule has 2 rings (SSSR count). The fourth-order valence-electron chi connectivity index (χ4n) is 1.58. The second kappa shape index (κ2) is 5.93. The van der Waals surface area contributed by atoms with Crippen molar-refractivity contribution >= 4 is 11.3 Å². The Kier molecular flexibility index (Phi) is 4.28. The number of pyridine rings is 1. The van der Waals surface area contributed by atoms with E-state index in [1.165, 1.54) is 0 Å². The fourth-order valence-corrected chi connectivity index (χ4v) is 2.18. The molecule has 0 saturated heterocycles. The highest BCUT2D eigenvalue weighted by molar-refractivity contribution is 7.09. The van der Waals surface area contributed by atoms with Crippen LogP contribution in [0.5, 0.6) is 5.75 Å². The molecule has 2 aromatic heterocycles. The summed E-state index contributed by atoms with van der Waals surface area (Å²) in [6.45, 7) is 4.44. The van der Waals surface area contributed by atoms with Gasteiger partial charge in [0.05, 0.1) is 16.9 Å². The molecule has 96 valence electrons. The van der Waals surface area contributed by atoms with Crippen LogP contribution < -0.4 is 10.5 Å². The third kappa shape index (κ3) is 3.78. The molecule has 0 aliphatic carbocycles. The standard InChI is InChI=1S/C13H17N3OS/c1-9(14)5-11-3-4-13(6-15-11)17-7-12-8-18-10(2)16-12/h3-4,6,8-9H,5,7,14H2,1-2H3. The lowest BCUT2D eigenvalue weighted by Gasteiger charge is -2.06. The minimum atomic E-state index is 0.127. The van der Waals surface area contributed by atoms with Crippen LogP contribution in [0.25, 0.3) is 0 Å². The maximum Gasteiger partial charge on any atom is 0.138 e. The lowest BCUT2D eigenvalue weighted by molar-refractivity contribution is 0.300. The van der Waals surface area contributed by atoms with Crippen LogP contribution >= 0.6 is 11.3 Å². The van der Waals surface area contributed by atoms with Gasteiger partial charge in [-0.2, -0.15) is 0 Å². The van der Waals surface area contributed by atoms with Gasteiger partial charge in [0.25, 0.3) is 0 Å². The molecule has 1 atom stereocenters. The van der Waals surface area contributed by atoms with Gasteiger partial charge in [-0.25, -0.2) is 4.98 Å². The Hall–Kier alpha value is -1.46. The van der Waals surface area contributed by atoms with Gasteiger partial charge in [-0.1, -0.05) is 0 Å². The number of aryl methyl sites for hydroxylation is 1. The first-order chi connectivity index (χ1) is 8.63. The molecule has 0 radical (unpaired) electrons. The van der Waals surface area contributed by atoms with Gasteiger partial charge in [0.2, 0.25) is 0 Å². The number of aromatic nitrogens is 2. The van der Waals surface area contributed by atoms with Crippen LogP contribution in [0, 0.1) is 6.92 Å². The van der Waals surface area contributed by atoms with Crippen molar-refractivity contribution in [1.82, 2.24) is 9.97 Å². The summed E-state index contributed by atoms with van der Waals surface area (Å²) in [4.78, 5) is 8.65. The summed E-state index contributed by atoms with van der Waals surface area (Å²) in [5, 5.41) is 3.06. The van der Waals surface area contributed by atoms with Gasteiger partial charge in [0.1, 0.15) is 12.4 Å².